The molecule has 12 nitrogen and oxygen atoms in total. The van der Waals surface area contributed by atoms with Crippen molar-refractivity contribution >= 4 is 41.4 Å². The van der Waals surface area contributed by atoms with Crippen molar-refractivity contribution < 1.29 is 29.2 Å². The van der Waals surface area contributed by atoms with E-state index in [0.717, 1.165) is 19.0 Å². The molecule has 1 fully saturated rings. The molecule has 0 bridgehead atoms. The molecule has 3 aromatic rings. The molecule has 1 aliphatic carbocycles. The summed E-state index contributed by atoms with van der Waals surface area (Å²) in [5, 5.41) is 23.0. The number of carbonyl (C=O) groups is 3. The highest BCUT2D eigenvalue weighted by atomic mass is 35.5. The van der Waals surface area contributed by atoms with Gasteiger partial charge in [-0.25, -0.2) is 9.78 Å². The zero-order chi connectivity index (χ0) is 30.6. The van der Waals surface area contributed by atoms with Gasteiger partial charge in [-0.15, -0.1) is 12.4 Å². The second kappa shape index (κ2) is 16.8. The molecule has 13 heteroatoms. The zero-order valence-electron chi connectivity index (χ0n) is 23.7. The lowest BCUT2D eigenvalue weighted by Crippen LogP contribution is -2.45. The van der Waals surface area contributed by atoms with Crippen molar-refractivity contribution in [3.8, 4) is 11.6 Å². The third-order valence-electron chi connectivity index (χ3n) is 6.97. The molecule has 1 aromatic heterocycles. The molecule has 1 amide bonds. The van der Waals surface area contributed by atoms with Gasteiger partial charge in [0.1, 0.15) is 18.0 Å². The molecule has 6 N–H and O–H groups in total. The fraction of sp³-hybridized carbons (Fsp3) is 0.333. The van der Waals surface area contributed by atoms with Gasteiger partial charge in [-0.05, 0) is 87.0 Å². The first kappa shape index (κ1) is 34.7. The molecule has 0 radical (unpaired) electrons. The molecule has 1 atom stereocenters. The maximum absolute atomic E-state index is 12.6. The molecule has 230 valence electrons. The highest BCUT2D eigenvalue weighted by molar-refractivity contribution is 5.94. The summed E-state index contributed by atoms with van der Waals surface area (Å²) >= 11 is 0. The Balaban J connectivity index is 0.000000498. The predicted octanol–water partition coefficient (Wildman–Crippen LogP) is 4.55. The number of aromatic nitrogens is 1. The predicted molar refractivity (Wildman–Crippen MR) is 163 cm³/mol. The largest absolute Gasteiger partial charge is 0.480 e. The second-order valence-electron chi connectivity index (χ2n) is 10.1. The number of benzene rings is 2. The van der Waals surface area contributed by atoms with Crippen LogP contribution in [0.15, 0.2) is 66.9 Å². The summed E-state index contributed by atoms with van der Waals surface area (Å²) in [7, 11) is 0. The Kier molecular flexibility index (Phi) is 13.5. The van der Waals surface area contributed by atoms with Gasteiger partial charge >= 0.3 is 5.97 Å². The van der Waals surface area contributed by atoms with E-state index in [2.05, 4.69) is 10.3 Å². The number of hydrogen-bond donors (Lipinski definition) is 4. The minimum absolute atomic E-state index is 0. The van der Waals surface area contributed by atoms with E-state index in [-0.39, 0.29) is 48.0 Å². The third-order valence-corrected chi connectivity index (χ3v) is 6.97. The van der Waals surface area contributed by atoms with Gasteiger partial charge in [0.15, 0.2) is 5.78 Å². The highest BCUT2D eigenvalue weighted by Gasteiger charge is 2.29. The first-order valence-electron chi connectivity index (χ1n) is 13.5. The van der Waals surface area contributed by atoms with Crippen LogP contribution >= 0.6 is 12.4 Å². The molecule has 2 aromatic carbocycles. The van der Waals surface area contributed by atoms with Crippen LogP contribution in [0.1, 0.15) is 48.5 Å². The molecule has 0 spiro atoms. The number of nitrogens with one attached hydrogen (secondary N) is 1. The first-order valence-corrected chi connectivity index (χ1v) is 13.5. The molecule has 0 aliphatic heterocycles. The van der Waals surface area contributed by atoms with Crippen LogP contribution in [0.4, 0.5) is 11.4 Å². The third kappa shape index (κ3) is 11.0. The number of nitro groups is 1. The maximum Gasteiger partial charge on any atom is 0.326 e. The van der Waals surface area contributed by atoms with Crippen LogP contribution in [0.2, 0.25) is 0 Å². The van der Waals surface area contributed by atoms with Crippen LogP contribution in [-0.4, -0.2) is 45.3 Å². The summed E-state index contributed by atoms with van der Waals surface area (Å²) in [4.78, 5) is 49.1. The number of carboxylic acids is 1. The molecule has 0 saturated heterocycles. The van der Waals surface area contributed by atoms with Crippen molar-refractivity contribution in [2.45, 2.75) is 45.1 Å². The Hall–Kier alpha value is -4.55. The molecule has 1 unspecified atom stereocenters. The molecule has 1 saturated carbocycles. The van der Waals surface area contributed by atoms with Crippen LogP contribution in [0.5, 0.6) is 11.6 Å². The molecule has 4 rings (SSSR count). The number of carboxylic acid groups (broad SMARTS) is 1. The van der Waals surface area contributed by atoms with Gasteiger partial charge in [0.05, 0.1) is 4.92 Å². The number of ether oxygens (including phenoxy) is 1. The maximum atomic E-state index is 12.6. The highest BCUT2D eigenvalue weighted by Crippen LogP contribution is 2.28. The number of nitrogen functional groups attached to an aromatic ring is 1. The number of Topliss-reactive ketones (excluding diaryl/α,β-unsaturated/α-hetero) is 1. The van der Waals surface area contributed by atoms with E-state index in [4.69, 9.17) is 16.2 Å². The molecular weight excluding hydrogens is 578 g/mol. The van der Waals surface area contributed by atoms with E-state index in [1.807, 2.05) is 0 Å². The first-order chi connectivity index (χ1) is 20.0. The van der Waals surface area contributed by atoms with Crippen molar-refractivity contribution in [1.82, 2.24) is 10.3 Å². The van der Waals surface area contributed by atoms with Crippen molar-refractivity contribution in [2.75, 3.05) is 12.3 Å². The number of pyridine rings is 1. The van der Waals surface area contributed by atoms with Crippen molar-refractivity contribution in [3.05, 3.63) is 88.1 Å². The zero-order valence-corrected chi connectivity index (χ0v) is 24.5. The van der Waals surface area contributed by atoms with Crippen molar-refractivity contribution in [2.24, 2.45) is 17.6 Å². The monoisotopic (exact) mass is 613 g/mol. The van der Waals surface area contributed by atoms with E-state index in [9.17, 15) is 29.6 Å². The second-order valence-corrected chi connectivity index (χ2v) is 10.1. The number of carbonyl (C=O) groups excluding carboxylic acids is 2. The Morgan fingerprint density at radius 1 is 1.09 bits per heavy atom. The molecule has 1 heterocycles. The number of halogens is 1. The van der Waals surface area contributed by atoms with Crippen LogP contribution < -0.4 is 21.5 Å². The van der Waals surface area contributed by atoms with Gasteiger partial charge in [-0.1, -0.05) is 12.1 Å². The average Bonchev–Trinajstić information content (AvgIpc) is 2.98. The number of aliphatic carboxylic acids is 1. The van der Waals surface area contributed by atoms with Crippen LogP contribution in [0.25, 0.3) is 0 Å². The Labute approximate surface area is 255 Å². The SMILES string of the molecule is CC(=O)c1ccc(N)cc1.Cl.NCC1CCC(C(=O)NC(Cc2cccc(Oc3ccc([N+](=O)[O-])cn3)c2)C(=O)O)CC1. The number of amides is 1. The van der Waals surface area contributed by atoms with Gasteiger partial charge in [0.25, 0.3) is 5.69 Å². The van der Waals surface area contributed by atoms with Gasteiger partial charge < -0.3 is 26.6 Å². The topological polar surface area (TPSA) is 201 Å². The number of nitrogens with two attached hydrogens (primary N) is 2. The molecule has 43 heavy (non-hydrogen) atoms. The quantitative estimate of drug-likeness (QED) is 0.109. The van der Waals surface area contributed by atoms with Gasteiger partial charge in [0, 0.05) is 35.7 Å². The smallest absolute Gasteiger partial charge is 0.326 e. The van der Waals surface area contributed by atoms with Crippen LogP contribution in [-0.2, 0) is 16.0 Å². The summed E-state index contributed by atoms with van der Waals surface area (Å²) in [6.07, 6.45) is 4.36. The van der Waals surface area contributed by atoms with Crippen molar-refractivity contribution in [1.29, 1.82) is 0 Å². The Morgan fingerprint density at radius 2 is 1.77 bits per heavy atom. The van der Waals surface area contributed by atoms with Gasteiger partial charge in [-0.2, -0.15) is 0 Å². The van der Waals surface area contributed by atoms with E-state index >= 15 is 0 Å². The summed E-state index contributed by atoms with van der Waals surface area (Å²) in [5.74, 6) is -0.471. The van der Waals surface area contributed by atoms with Gasteiger partial charge in [-0.3, -0.25) is 19.7 Å². The molecule has 1 aliphatic rings. The normalized spacial score (nSPS) is 16.3. The number of anilines is 1. The number of ketones is 1. The standard InChI is InChI=1S/C22H26N4O6.C8H9NO.ClH/c23-12-14-4-6-16(7-5-14)21(27)25-19(22(28)29)11-15-2-1-3-18(10-15)32-20-9-8-17(13-24-20)26(30)31;1-6(10)7-2-4-8(9)5-3-7;/h1-3,8-10,13-14,16,19H,4-7,11-12,23H2,(H,25,27)(H,28,29);2-5H,9H2,1H3;1H. The summed E-state index contributed by atoms with van der Waals surface area (Å²) in [6.45, 7) is 2.14. The van der Waals surface area contributed by atoms with E-state index in [1.165, 1.54) is 19.1 Å². The lowest BCUT2D eigenvalue weighted by Gasteiger charge is -2.27. The Bertz CT molecular complexity index is 1380. The van der Waals surface area contributed by atoms with Gasteiger partial charge in [0.2, 0.25) is 11.8 Å². The summed E-state index contributed by atoms with van der Waals surface area (Å²) in [5.41, 5.74) is 13.0. The Morgan fingerprint density at radius 3 is 2.30 bits per heavy atom. The lowest BCUT2D eigenvalue weighted by molar-refractivity contribution is -0.385. The van der Waals surface area contributed by atoms with E-state index in [1.54, 1.807) is 48.5 Å². The summed E-state index contributed by atoms with van der Waals surface area (Å²) < 4.78 is 5.61. The number of hydrogen-bond acceptors (Lipinski definition) is 9. The lowest BCUT2D eigenvalue weighted by atomic mass is 9.81. The fourth-order valence-corrected chi connectivity index (χ4v) is 4.50. The van der Waals surface area contributed by atoms with E-state index in [0.29, 0.717) is 47.9 Å². The minimum Gasteiger partial charge on any atom is -0.480 e. The van der Waals surface area contributed by atoms with Crippen molar-refractivity contribution in [3.63, 3.8) is 0 Å². The number of nitrogens with zero attached hydrogens (tertiary/aromatic N) is 2. The fourth-order valence-electron chi connectivity index (χ4n) is 4.50. The minimum atomic E-state index is -1.11. The summed E-state index contributed by atoms with van der Waals surface area (Å²) in [6, 6.07) is 15.2. The van der Waals surface area contributed by atoms with Crippen LogP contribution in [0.3, 0.4) is 0 Å². The van der Waals surface area contributed by atoms with Crippen LogP contribution in [0, 0.1) is 22.0 Å². The molecular formula is C30H36ClN5O7. The number of rotatable bonds is 10. The van der Waals surface area contributed by atoms with E-state index < -0.39 is 16.9 Å². The average molecular weight is 614 g/mol.